The van der Waals surface area contributed by atoms with Crippen LogP contribution in [0.25, 0.3) is 0 Å². The first-order valence-electron chi connectivity index (χ1n) is 5.92. The summed E-state index contributed by atoms with van der Waals surface area (Å²) in [5.41, 5.74) is 0.648. The second-order valence-corrected chi connectivity index (χ2v) is 6.90. The highest BCUT2D eigenvalue weighted by Crippen LogP contribution is 2.18. The molecule has 0 aliphatic rings. The van der Waals surface area contributed by atoms with E-state index in [2.05, 4.69) is 20.3 Å². The van der Waals surface area contributed by atoms with E-state index < -0.39 is 9.84 Å². The minimum absolute atomic E-state index is 0.0731. The topological polar surface area (TPSA) is 88.1 Å². The van der Waals surface area contributed by atoms with Gasteiger partial charge in [0.1, 0.15) is 0 Å². The van der Waals surface area contributed by atoms with E-state index in [1.807, 2.05) is 0 Å². The molecule has 21 heavy (non-hydrogen) atoms. The number of sulfone groups is 1. The number of nitrogens with one attached hydrogen (secondary N) is 1. The zero-order chi connectivity index (χ0) is 15.6. The van der Waals surface area contributed by atoms with Crippen molar-refractivity contribution in [3.8, 4) is 0 Å². The van der Waals surface area contributed by atoms with Gasteiger partial charge < -0.3 is 10.2 Å². The molecule has 0 aliphatic carbocycles. The summed E-state index contributed by atoms with van der Waals surface area (Å²) >= 11 is 5.84. The molecule has 0 saturated heterocycles. The number of rotatable bonds is 4. The van der Waals surface area contributed by atoms with Crippen LogP contribution in [-0.2, 0) is 9.84 Å². The van der Waals surface area contributed by atoms with Crippen molar-refractivity contribution in [3.05, 3.63) is 29.5 Å². The molecule has 112 valence electrons. The van der Waals surface area contributed by atoms with Gasteiger partial charge in [-0.2, -0.15) is 15.0 Å². The van der Waals surface area contributed by atoms with Crippen molar-refractivity contribution in [2.75, 3.05) is 30.6 Å². The molecule has 1 heterocycles. The number of benzene rings is 1. The molecular weight excluding hydrogens is 314 g/mol. The number of aromatic nitrogens is 3. The van der Waals surface area contributed by atoms with Gasteiger partial charge in [0.25, 0.3) is 0 Å². The lowest BCUT2D eigenvalue weighted by Crippen LogP contribution is -2.14. The molecule has 1 N–H and O–H groups in total. The molecule has 1 aromatic heterocycles. The zero-order valence-corrected chi connectivity index (χ0v) is 13.3. The average molecular weight is 328 g/mol. The van der Waals surface area contributed by atoms with E-state index in [1.165, 1.54) is 12.1 Å². The van der Waals surface area contributed by atoms with E-state index in [-0.39, 0.29) is 16.1 Å². The Hall–Kier alpha value is -1.93. The van der Waals surface area contributed by atoms with Gasteiger partial charge in [-0.05, 0) is 35.9 Å². The van der Waals surface area contributed by atoms with Gasteiger partial charge in [-0.3, -0.25) is 0 Å². The van der Waals surface area contributed by atoms with Gasteiger partial charge >= 0.3 is 0 Å². The van der Waals surface area contributed by atoms with Crippen molar-refractivity contribution in [1.82, 2.24) is 15.0 Å². The Morgan fingerprint density at radius 3 is 2.24 bits per heavy atom. The van der Waals surface area contributed by atoms with Crippen LogP contribution >= 0.6 is 11.6 Å². The van der Waals surface area contributed by atoms with E-state index in [4.69, 9.17) is 11.6 Å². The molecule has 0 atom stereocenters. The van der Waals surface area contributed by atoms with Gasteiger partial charge in [-0.25, -0.2) is 8.42 Å². The molecule has 0 radical (unpaired) electrons. The van der Waals surface area contributed by atoms with Crippen molar-refractivity contribution in [3.63, 3.8) is 0 Å². The predicted octanol–water partition coefficient (Wildman–Crippen LogP) is 1.74. The monoisotopic (exact) mass is 327 g/mol. The lowest BCUT2D eigenvalue weighted by atomic mass is 10.3. The maximum Gasteiger partial charge on any atom is 0.233 e. The molecule has 9 heteroatoms. The fourth-order valence-electron chi connectivity index (χ4n) is 1.51. The molecule has 1 aromatic carbocycles. The number of hydrogen-bond acceptors (Lipinski definition) is 7. The first kappa shape index (κ1) is 15.5. The first-order chi connectivity index (χ1) is 9.75. The zero-order valence-electron chi connectivity index (χ0n) is 11.7. The molecule has 0 saturated carbocycles. The Balaban J connectivity index is 2.26. The van der Waals surface area contributed by atoms with Gasteiger partial charge in [0.05, 0.1) is 4.90 Å². The fourth-order valence-corrected chi connectivity index (χ4v) is 2.30. The third-order valence-corrected chi connectivity index (χ3v) is 3.83. The van der Waals surface area contributed by atoms with Crippen LogP contribution in [0.1, 0.15) is 0 Å². The van der Waals surface area contributed by atoms with Crippen LogP contribution in [0.2, 0.25) is 5.28 Å². The third-order valence-electron chi connectivity index (χ3n) is 2.53. The quantitative estimate of drug-likeness (QED) is 0.914. The van der Waals surface area contributed by atoms with Gasteiger partial charge in [0.15, 0.2) is 9.84 Å². The van der Waals surface area contributed by atoms with Crippen molar-refractivity contribution in [2.45, 2.75) is 4.90 Å². The fraction of sp³-hybridized carbons (Fsp3) is 0.250. The second-order valence-electron chi connectivity index (χ2n) is 4.54. The summed E-state index contributed by atoms with van der Waals surface area (Å²) in [6.07, 6.45) is 1.16. The summed E-state index contributed by atoms with van der Waals surface area (Å²) in [6.45, 7) is 0. The van der Waals surface area contributed by atoms with Crippen LogP contribution in [0, 0.1) is 0 Å². The predicted molar refractivity (Wildman–Crippen MR) is 82.0 cm³/mol. The Morgan fingerprint density at radius 1 is 1.10 bits per heavy atom. The molecule has 0 spiro atoms. The Labute approximate surface area is 127 Å². The molecule has 0 bridgehead atoms. The van der Waals surface area contributed by atoms with Gasteiger partial charge in [0.2, 0.25) is 17.2 Å². The largest absolute Gasteiger partial charge is 0.347 e. The summed E-state index contributed by atoms with van der Waals surface area (Å²) in [5, 5.41) is 3.02. The van der Waals surface area contributed by atoms with Crippen LogP contribution in [0.4, 0.5) is 17.6 Å². The maximum absolute atomic E-state index is 11.4. The normalized spacial score (nSPS) is 11.2. The molecule has 7 nitrogen and oxygen atoms in total. The number of halogens is 1. The highest BCUT2D eigenvalue weighted by atomic mass is 35.5. The minimum Gasteiger partial charge on any atom is -0.347 e. The minimum atomic E-state index is -3.21. The molecule has 0 aliphatic heterocycles. The van der Waals surface area contributed by atoms with Crippen LogP contribution in [0.3, 0.4) is 0 Å². The first-order valence-corrected chi connectivity index (χ1v) is 8.19. The molecular formula is C12H14ClN5O2S. The molecule has 2 aromatic rings. The highest BCUT2D eigenvalue weighted by molar-refractivity contribution is 7.90. The number of nitrogens with zero attached hydrogens (tertiary/aromatic N) is 4. The molecule has 2 rings (SSSR count). The lowest BCUT2D eigenvalue weighted by Gasteiger charge is -2.12. The van der Waals surface area contributed by atoms with E-state index in [9.17, 15) is 8.42 Å². The van der Waals surface area contributed by atoms with E-state index in [0.29, 0.717) is 11.6 Å². The SMILES string of the molecule is CN(C)c1nc(Cl)nc(Nc2ccc(S(C)(=O)=O)cc2)n1. The van der Waals surface area contributed by atoms with Crippen molar-refractivity contribution >= 4 is 39.0 Å². The number of hydrogen-bond donors (Lipinski definition) is 1. The van der Waals surface area contributed by atoms with E-state index in [1.54, 1.807) is 31.1 Å². The van der Waals surface area contributed by atoms with Gasteiger partial charge in [0, 0.05) is 26.0 Å². The Bertz CT molecular complexity index is 747. The molecule has 0 amide bonds. The van der Waals surface area contributed by atoms with Gasteiger partial charge in [-0.15, -0.1) is 0 Å². The summed E-state index contributed by atoms with van der Waals surface area (Å²) in [5.74, 6) is 0.705. The summed E-state index contributed by atoms with van der Waals surface area (Å²) < 4.78 is 22.8. The third kappa shape index (κ3) is 4.02. The smallest absolute Gasteiger partial charge is 0.233 e. The van der Waals surface area contributed by atoms with Crippen LogP contribution in [-0.4, -0.2) is 43.7 Å². The standard InChI is InChI=1S/C12H14ClN5O2S/c1-18(2)12-16-10(13)15-11(17-12)14-8-4-6-9(7-5-8)21(3,19)20/h4-7H,1-3H3,(H,14,15,16,17). The van der Waals surface area contributed by atoms with Crippen molar-refractivity contribution in [1.29, 1.82) is 0 Å². The summed E-state index contributed by atoms with van der Waals surface area (Å²) in [6, 6.07) is 6.27. The van der Waals surface area contributed by atoms with E-state index in [0.717, 1.165) is 6.26 Å². The van der Waals surface area contributed by atoms with Crippen molar-refractivity contribution < 1.29 is 8.42 Å². The molecule has 0 unspecified atom stereocenters. The second kappa shape index (κ2) is 5.82. The number of anilines is 3. The van der Waals surface area contributed by atoms with Crippen LogP contribution in [0.15, 0.2) is 29.2 Å². The summed E-state index contributed by atoms with van der Waals surface area (Å²) in [4.78, 5) is 14.1. The lowest BCUT2D eigenvalue weighted by molar-refractivity contribution is 0.602. The van der Waals surface area contributed by atoms with Crippen molar-refractivity contribution in [2.24, 2.45) is 0 Å². The van der Waals surface area contributed by atoms with Crippen LogP contribution in [0.5, 0.6) is 0 Å². The Kier molecular flexibility index (Phi) is 4.29. The Morgan fingerprint density at radius 2 is 1.71 bits per heavy atom. The average Bonchev–Trinajstić information content (AvgIpc) is 2.37. The van der Waals surface area contributed by atoms with E-state index >= 15 is 0 Å². The highest BCUT2D eigenvalue weighted by Gasteiger charge is 2.09. The molecule has 0 fully saturated rings. The summed E-state index contributed by atoms with van der Waals surface area (Å²) in [7, 11) is 0.362. The van der Waals surface area contributed by atoms with Gasteiger partial charge in [-0.1, -0.05) is 0 Å². The van der Waals surface area contributed by atoms with Crippen LogP contribution < -0.4 is 10.2 Å². The maximum atomic E-state index is 11.4.